The third kappa shape index (κ3) is 8.75. The highest BCUT2D eigenvalue weighted by molar-refractivity contribution is 6.21. The van der Waals surface area contributed by atoms with Crippen LogP contribution in [0.15, 0.2) is 24.3 Å². The van der Waals surface area contributed by atoms with Crippen molar-refractivity contribution in [2.24, 2.45) is 11.3 Å². The average molecular weight is 453 g/mol. The lowest BCUT2D eigenvalue weighted by Gasteiger charge is -2.24. The van der Waals surface area contributed by atoms with E-state index in [2.05, 4.69) is 20.8 Å². The van der Waals surface area contributed by atoms with Crippen LogP contribution in [0.5, 0.6) is 0 Å². The molecule has 0 bridgehead atoms. The molecule has 1 saturated carbocycles. The van der Waals surface area contributed by atoms with Gasteiger partial charge in [0.15, 0.2) is 0 Å². The zero-order valence-electron chi connectivity index (χ0n) is 19.4. The second kappa shape index (κ2) is 12.2. The topological polar surface area (TPSA) is 77.8 Å². The second-order valence-electron chi connectivity index (χ2n) is 10.5. The lowest BCUT2D eigenvalue weighted by molar-refractivity contribution is -0.137. The van der Waals surface area contributed by atoms with Crippen molar-refractivity contribution in [3.63, 3.8) is 0 Å². The summed E-state index contributed by atoms with van der Waals surface area (Å²) in [5.41, 5.74) is 2.31. The maximum atomic E-state index is 10.7. The van der Waals surface area contributed by atoms with Crippen LogP contribution >= 0.6 is 11.6 Å². The molecule has 5 atom stereocenters. The maximum absolute atomic E-state index is 10.7. The number of unbranched alkanes of at least 4 members (excludes halogenated alkanes) is 3. The molecule has 0 spiro atoms. The smallest absolute Gasteiger partial charge is 0.303 e. The predicted molar refractivity (Wildman–Crippen MR) is 127 cm³/mol. The molecule has 0 aromatic heterocycles. The van der Waals surface area contributed by atoms with E-state index < -0.39 is 18.2 Å². The van der Waals surface area contributed by atoms with Gasteiger partial charge in [-0.05, 0) is 54.6 Å². The molecule has 1 aliphatic carbocycles. The second-order valence-corrected chi connectivity index (χ2v) is 11.1. The quantitative estimate of drug-likeness (QED) is 0.252. The highest BCUT2D eigenvalue weighted by atomic mass is 35.5. The van der Waals surface area contributed by atoms with Gasteiger partial charge in [-0.15, -0.1) is 11.6 Å². The van der Waals surface area contributed by atoms with Crippen LogP contribution in [0.1, 0.15) is 108 Å². The van der Waals surface area contributed by atoms with Crippen molar-refractivity contribution in [1.82, 2.24) is 0 Å². The monoisotopic (exact) mass is 452 g/mol. The molecule has 1 unspecified atom stereocenters. The van der Waals surface area contributed by atoms with Gasteiger partial charge in [-0.3, -0.25) is 4.79 Å². The van der Waals surface area contributed by atoms with E-state index in [1.807, 2.05) is 24.3 Å². The number of halogens is 1. The number of hydrogen-bond acceptors (Lipinski definition) is 3. The Bertz CT molecular complexity index is 667. The number of aliphatic hydroxyl groups excluding tert-OH is 2. The molecular formula is C26H41ClO4. The zero-order valence-corrected chi connectivity index (χ0v) is 20.2. The number of carboxylic acid groups (broad SMARTS) is 1. The summed E-state index contributed by atoms with van der Waals surface area (Å²) in [4.78, 5) is 10.6. The van der Waals surface area contributed by atoms with E-state index in [1.54, 1.807) is 0 Å². The van der Waals surface area contributed by atoms with Gasteiger partial charge in [0.2, 0.25) is 0 Å². The summed E-state index contributed by atoms with van der Waals surface area (Å²) >= 11 is 6.60. The molecule has 1 aliphatic rings. The number of carboxylic acids is 1. The van der Waals surface area contributed by atoms with E-state index in [-0.39, 0.29) is 29.0 Å². The molecule has 0 heterocycles. The van der Waals surface area contributed by atoms with Crippen LogP contribution in [0.25, 0.3) is 0 Å². The molecule has 1 aromatic carbocycles. The van der Waals surface area contributed by atoms with Crippen molar-refractivity contribution in [3.8, 4) is 0 Å². The van der Waals surface area contributed by atoms with E-state index in [4.69, 9.17) is 16.7 Å². The lowest BCUT2D eigenvalue weighted by Crippen LogP contribution is -2.19. The molecule has 1 aromatic rings. The van der Waals surface area contributed by atoms with Crippen LogP contribution in [0.4, 0.5) is 0 Å². The molecule has 0 saturated heterocycles. The van der Waals surface area contributed by atoms with Crippen LogP contribution in [-0.2, 0) is 4.79 Å². The van der Waals surface area contributed by atoms with Crippen molar-refractivity contribution in [2.75, 3.05) is 0 Å². The lowest BCUT2D eigenvalue weighted by atomic mass is 9.83. The van der Waals surface area contributed by atoms with Crippen LogP contribution in [0.3, 0.4) is 0 Å². The molecule has 3 N–H and O–H groups in total. The van der Waals surface area contributed by atoms with Crippen LogP contribution < -0.4 is 0 Å². The minimum Gasteiger partial charge on any atom is -0.481 e. The van der Waals surface area contributed by atoms with E-state index in [0.29, 0.717) is 6.42 Å². The fourth-order valence-corrected chi connectivity index (χ4v) is 5.30. The maximum Gasteiger partial charge on any atom is 0.303 e. The molecule has 0 amide bonds. The molecule has 2 rings (SSSR count). The van der Waals surface area contributed by atoms with Crippen molar-refractivity contribution >= 4 is 17.6 Å². The highest BCUT2D eigenvalue weighted by Crippen LogP contribution is 2.45. The number of aliphatic carboxylic acids is 1. The molecule has 0 radical (unpaired) electrons. The Morgan fingerprint density at radius 3 is 2.35 bits per heavy atom. The van der Waals surface area contributed by atoms with E-state index in [0.717, 1.165) is 62.5 Å². The Morgan fingerprint density at radius 1 is 1.10 bits per heavy atom. The third-order valence-corrected chi connectivity index (χ3v) is 7.10. The van der Waals surface area contributed by atoms with Crippen LogP contribution in [0, 0.1) is 11.3 Å². The summed E-state index contributed by atoms with van der Waals surface area (Å²) in [5.74, 6) is -0.491. The number of alkyl halides is 1. The van der Waals surface area contributed by atoms with Gasteiger partial charge < -0.3 is 15.3 Å². The van der Waals surface area contributed by atoms with Gasteiger partial charge in [0.1, 0.15) is 0 Å². The number of aliphatic hydroxyl groups is 2. The summed E-state index contributed by atoms with van der Waals surface area (Å²) in [6.45, 7) is 6.66. The van der Waals surface area contributed by atoms with Gasteiger partial charge >= 0.3 is 5.97 Å². The highest BCUT2D eigenvalue weighted by Gasteiger charge is 2.41. The van der Waals surface area contributed by atoms with Crippen LogP contribution in [-0.4, -0.2) is 32.8 Å². The predicted octanol–water partition coefficient (Wildman–Crippen LogP) is 6.43. The number of benzene rings is 1. The Balaban J connectivity index is 1.90. The van der Waals surface area contributed by atoms with Crippen molar-refractivity contribution in [3.05, 3.63) is 35.4 Å². The van der Waals surface area contributed by atoms with Gasteiger partial charge in [-0.2, -0.15) is 0 Å². The van der Waals surface area contributed by atoms with Gasteiger partial charge in [0.25, 0.3) is 0 Å². The third-order valence-electron chi connectivity index (χ3n) is 6.60. The van der Waals surface area contributed by atoms with Crippen molar-refractivity contribution < 1.29 is 20.1 Å². The van der Waals surface area contributed by atoms with Gasteiger partial charge in [0.05, 0.1) is 12.2 Å². The fourth-order valence-electron chi connectivity index (χ4n) is 4.83. The molecule has 176 valence electrons. The number of rotatable bonds is 12. The molecule has 4 nitrogen and oxygen atoms in total. The van der Waals surface area contributed by atoms with Gasteiger partial charge in [-0.1, -0.05) is 70.7 Å². The normalized spacial score (nSPS) is 25.0. The first-order chi connectivity index (χ1) is 14.6. The largest absolute Gasteiger partial charge is 0.481 e. The first kappa shape index (κ1) is 26.2. The summed E-state index contributed by atoms with van der Waals surface area (Å²) in [7, 11) is 0. The molecule has 5 heteroatoms. The van der Waals surface area contributed by atoms with E-state index in [9.17, 15) is 15.0 Å². The molecule has 1 fully saturated rings. The van der Waals surface area contributed by atoms with E-state index >= 15 is 0 Å². The molecule has 31 heavy (non-hydrogen) atoms. The summed E-state index contributed by atoms with van der Waals surface area (Å²) in [5, 5.41) is 29.9. The first-order valence-electron chi connectivity index (χ1n) is 11.9. The van der Waals surface area contributed by atoms with Crippen molar-refractivity contribution in [2.45, 2.75) is 108 Å². The Kier molecular flexibility index (Phi) is 10.3. The minimum absolute atomic E-state index is 0.0219. The first-order valence-corrected chi connectivity index (χ1v) is 12.3. The zero-order chi connectivity index (χ0) is 23.0. The van der Waals surface area contributed by atoms with E-state index in [1.165, 1.54) is 0 Å². The summed E-state index contributed by atoms with van der Waals surface area (Å²) in [6.07, 6.45) is 7.37. The van der Waals surface area contributed by atoms with Crippen molar-refractivity contribution in [1.29, 1.82) is 0 Å². The average Bonchev–Trinajstić information content (AvgIpc) is 2.96. The van der Waals surface area contributed by atoms with Crippen LogP contribution in [0.2, 0.25) is 0 Å². The Labute approximate surface area is 193 Å². The Morgan fingerprint density at radius 2 is 1.74 bits per heavy atom. The fraction of sp³-hybridized carbons (Fsp3) is 0.731. The summed E-state index contributed by atoms with van der Waals surface area (Å²) in [6, 6.07) is 8.08. The summed E-state index contributed by atoms with van der Waals surface area (Å²) < 4.78 is 0. The minimum atomic E-state index is -0.734. The standard InChI is InChI=1S/C26H41ClO4/c1-26(2,3)16-8-10-22(28)18-12-14-19(15-13-18)25-20(21(27)17-23(25)29)9-6-4-5-7-11-24(30)31/h12-15,20-23,25,28-29H,4-11,16-17H2,1-3H3,(H,30,31)/t20-,21+,22?,23+,25+/m0/s1. The number of carbonyl (C=O) groups is 1. The van der Waals surface area contributed by atoms with Gasteiger partial charge in [-0.25, -0.2) is 0 Å². The van der Waals surface area contributed by atoms with Gasteiger partial charge in [0, 0.05) is 17.7 Å². The molecular weight excluding hydrogens is 412 g/mol. The number of hydrogen-bond donors (Lipinski definition) is 3. The Hall–Kier alpha value is -1.10. The molecule has 0 aliphatic heterocycles. The SMILES string of the molecule is CC(C)(C)CCCC(O)c1ccc([C@@H]2[C@@H](CCCCCCC(=O)O)[C@H](Cl)C[C@H]2O)cc1.